The molecule has 0 amide bonds. The van der Waals surface area contributed by atoms with E-state index in [0.717, 1.165) is 11.3 Å². The monoisotopic (exact) mass is 401 g/mol. The van der Waals surface area contributed by atoms with Gasteiger partial charge in [0.05, 0.1) is 0 Å². The molecule has 1 N–H and O–H groups in total. The van der Waals surface area contributed by atoms with E-state index in [9.17, 15) is 13.2 Å². The Morgan fingerprint density at radius 2 is 1.80 bits per heavy atom. The fourth-order valence-electron chi connectivity index (χ4n) is 1.98. The average molecular weight is 402 g/mol. The first-order valence-corrected chi connectivity index (χ1v) is 9.04. The Labute approximate surface area is 155 Å². The lowest BCUT2D eigenvalue weighted by Gasteiger charge is -2.05. The van der Waals surface area contributed by atoms with Crippen molar-refractivity contribution in [3.8, 4) is 10.6 Å². The molecule has 3 nitrogen and oxygen atoms in total. The Balaban J connectivity index is 1.73. The van der Waals surface area contributed by atoms with Gasteiger partial charge in [-0.1, -0.05) is 41.1 Å². The van der Waals surface area contributed by atoms with E-state index >= 15 is 0 Å². The summed E-state index contributed by atoms with van der Waals surface area (Å²) >= 11 is 7.25. The standard InChI is InChI=1S/C16H11ClF3N3S2/c1-9-2-5-11(8-13(9)17)21-15-23-22-14(24-15)10-3-6-12(7-4-10)25-16(18,19)20/h2-8H,1H3,(H,21,23). The minimum absolute atomic E-state index is 0.133. The van der Waals surface area contributed by atoms with Crippen LogP contribution in [0.4, 0.5) is 24.0 Å². The molecular formula is C16H11ClF3N3S2. The molecule has 25 heavy (non-hydrogen) atoms. The van der Waals surface area contributed by atoms with Gasteiger partial charge in [0.15, 0.2) is 0 Å². The number of aromatic nitrogens is 2. The highest BCUT2D eigenvalue weighted by atomic mass is 35.5. The first-order valence-electron chi connectivity index (χ1n) is 7.03. The highest BCUT2D eigenvalue weighted by Gasteiger charge is 2.29. The summed E-state index contributed by atoms with van der Waals surface area (Å²) in [6, 6.07) is 11.6. The largest absolute Gasteiger partial charge is 0.446 e. The van der Waals surface area contributed by atoms with E-state index in [1.165, 1.54) is 23.5 Å². The van der Waals surface area contributed by atoms with Gasteiger partial charge in [-0.15, -0.1) is 10.2 Å². The third-order valence-corrected chi connectivity index (χ3v) is 5.22. The molecule has 0 saturated heterocycles. The summed E-state index contributed by atoms with van der Waals surface area (Å²) in [4.78, 5) is 0.133. The van der Waals surface area contributed by atoms with Crippen LogP contribution in [0.3, 0.4) is 0 Å². The third-order valence-electron chi connectivity index (χ3n) is 3.18. The molecule has 130 valence electrons. The molecule has 3 rings (SSSR count). The highest BCUT2D eigenvalue weighted by molar-refractivity contribution is 8.00. The number of nitrogens with zero attached hydrogens (tertiary/aromatic N) is 2. The van der Waals surface area contributed by atoms with E-state index in [4.69, 9.17) is 11.6 Å². The average Bonchev–Trinajstić information content (AvgIpc) is 2.99. The summed E-state index contributed by atoms with van der Waals surface area (Å²) in [5, 5.41) is 13.1. The number of alkyl halides is 3. The molecule has 3 aromatic rings. The highest BCUT2D eigenvalue weighted by Crippen LogP contribution is 2.38. The normalized spacial score (nSPS) is 11.6. The number of halogens is 4. The molecule has 0 aliphatic carbocycles. The number of thioether (sulfide) groups is 1. The second-order valence-corrected chi connectivity index (χ2v) is 7.60. The number of aryl methyl sites for hydroxylation is 1. The summed E-state index contributed by atoms with van der Waals surface area (Å²) in [6.07, 6.45) is 0. The lowest BCUT2D eigenvalue weighted by atomic mass is 10.2. The predicted octanol–water partition coefficient (Wildman–Crippen LogP) is 6.52. The predicted molar refractivity (Wildman–Crippen MR) is 96.7 cm³/mol. The van der Waals surface area contributed by atoms with E-state index in [0.29, 0.717) is 20.7 Å². The minimum Gasteiger partial charge on any atom is -0.330 e. The van der Waals surface area contributed by atoms with Gasteiger partial charge in [0, 0.05) is 21.2 Å². The fraction of sp³-hybridized carbons (Fsp3) is 0.125. The third kappa shape index (κ3) is 4.87. The van der Waals surface area contributed by atoms with E-state index in [1.807, 2.05) is 19.1 Å². The van der Waals surface area contributed by atoms with Crippen molar-refractivity contribution in [3.63, 3.8) is 0 Å². The fourth-order valence-corrected chi connectivity index (χ4v) is 3.47. The maximum Gasteiger partial charge on any atom is 0.446 e. The van der Waals surface area contributed by atoms with Crippen LogP contribution in [0.5, 0.6) is 0 Å². The van der Waals surface area contributed by atoms with Crippen LogP contribution in [-0.4, -0.2) is 15.7 Å². The first-order chi connectivity index (χ1) is 11.8. The molecule has 0 atom stereocenters. The van der Waals surface area contributed by atoms with Crippen LogP contribution in [0.1, 0.15) is 5.56 Å². The summed E-state index contributed by atoms with van der Waals surface area (Å²) in [5.41, 5.74) is -1.83. The number of nitrogens with one attached hydrogen (secondary N) is 1. The molecular weight excluding hydrogens is 391 g/mol. The number of anilines is 2. The van der Waals surface area contributed by atoms with Gasteiger partial charge >= 0.3 is 5.51 Å². The number of hydrogen-bond acceptors (Lipinski definition) is 5. The first kappa shape index (κ1) is 18.0. The van der Waals surface area contributed by atoms with Crippen molar-refractivity contribution in [2.24, 2.45) is 0 Å². The molecule has 0 bridgehead atoms. The summed E-state index contributed by atoms with van der Waals surface area (Å²) in [6.45, 7) is 1.91. The molecule has 2 aromatic carbocycles. The topological polar surface area (TPSA) is 37.8 Å². The smallest absolute Gasteiger partial charge is 0.330 e. The van der Waals surface area contributed by atoms with E-state index in [1.54, 1.807) is 18.2 Å². The summed E-state index contributed by atoms with van der Waals surface area (Å²) < 4.78 is 37.1. The molecule has 9 heteroatoms. The van der Waals surface area contributed by atoms with Crippen LogP contribution >= 0.6 is 34.7 Å². The van der Waals surface area contributed by atoms with E-state index < -0.39 is 5.51 Å². The molecule has 0 fully saturated rings. The zero-order chi connectivity index (χ0) is 18.0. The van der Waals surface area contributed by atoms with Gasteiger partial charge in [-0.2, -0.15) is 13.2 Å². The Morgan fingerprint density at radius 1 is 1.08 bits per heavy atom. The zero-order valence-electron chi connectivity index (χ0n) is 12.8. The Kier molecular flexibility index (Phi) is 5.21. The van der Waals surface area contributed by atoms with Gasteiger partial charge in [-0.3, -0.25) is 0 Å². The van der Waals surface area contributed by atoms with Crippen molar-refractivity contribution in [1.29, 1.82) is 0 Å². The van der Waals surface area contributed by atoms with Gasteiger partial charge in [-0.05, 0) is 48.5 Å². The second-order valence-electron chi connectivity index (χ2n) is 5.07. The minimum atomic E-state index is -4.29. The van der Waals surface area contributed by atoms with Gasteiger partial charge in [-0.25, -0.2) is 0 Å². The van der Waals surface area contributed by atoms with Crippen LogP contribution in [0.2, 0.25) is 5.02 Å². The maximum absolute atomic E-state index is 12.4. The van der Waals surface area contributed by atoms with Crippen molar-refractivity contribution < 1.29 is 13.2 Å². The number of rotatable bonds is 4. The SMILES string of the molecule is Cc1ccc(Nc2nnc(-c3ccc(SC(F)(F)F)cc3)s2)cc1Cl. The maximum atomic E-state index is 12.4. The van der Waals surface area contributed by atoms with Gasteiger partial charge < -0.3 is 5.32 Å². The Hall–Kier alpha value is -1.77. The van der Waals surface area contributed by atoms with Gasteiger partial charge in [0.1, 0.15) is 5.01 Å². The lowest BCUT2D eigenvalue weighted by Crippen LogP contribution is -1.98. The molecule has 0 spiro atoms. The van der Waals surface area contributed by atoms with Gasteiger partial charge in [0.25, 0.3) is 0 Å². The van der Waals surface area contributed by atoms with Crippen molar-refractivity contribution in [1.82, 2.24) is 10.2 Å². The molecule has 0 radical (unpaired) electrons. The van der Waals surface area contributed by atoms with E-state index in [2.05, 4.69) is 15.5 Å². The molecule has 1 aromatic heterocycles. The summed E-state index contributed by atoms with van der Waals surface area (Å²) in [7, 11) is 0. The zero-order valence-corrected chi connectivity index (χ0v) is 15.2. The van der Waals surface area contributed by atoms with Crippen LogP contribution < -0.4 is 5.32 Å². The van der Waals surface area contributed by atoms with Gasteiger partial charge in [0.2, 0.25) is 5.13 Å². The summed E-state index contributed by atoms with van der Waals surface area (Å²) in [5.74, 6) is 0. The van der Waals surface area contributed by atoms with Crippen LogP contribution in [0.15, 0.2) is 47.4 Å². The molecule has 0 aliphatic heterocycles. The van der Waals surface area contributed by atoms with Crippen molar-refractivity contribution in [2.75, 3.05) is 5.32 Å². The van der Waals surface area contributed by atoms with Crippen molar-refractivity contribution >= 4 is 45.5 Å². The molecule has 1 heterocycles. The van der Waals surface area contributed by atoms with E-state index in [-0.39, 0.29) is 16.7 Å². The number of benzene rings is 2. The number of hydrogen-bond donors (Lipinski definition) is 1. The van der Waals surface area contributed by atoms with Crippen molar-refractivity contribution in [2.45, 2.75) is 17.3 Å². The molecule has 0 saturated carbocycles. The lowest BCUT2D eigenvalue weighted by molar-refractivity contribution is -0.0328. The van der Waals surface area contributed by atoms with Crippen molar-refractivity contribution in [3.05, 3.63) is 53.1 Å². The van der Waals surface area contributed by atoms with Crippen LogP contribution in [0.25, 0.3) is 10.6 Å². The molecule has 0 aliphatic rings. The van der Waals surface area contributed by atoms with Crippen LogP contribution in [0, 0.1) is 6.92 Å². The Morgan fingerprint density at radius 3 is 2.44 bits per heavy atom. The molecule has 0 unspecified atom stereocenters. The van der Waals surface area contributed by atoms with Crippen LogP contribution in [-0.2, 0) is 0 Å². The second kappa shape index (κ2) is 7.23. The Bertz CT molecular complexity index is 879. The quantitative estimate of drug-likeness (QED) is 0.505.